The molecule has 0 radical (unpaired) electrons. The van der Waals surface area contributed by atoms with E-state index in [1.807, 2.05) is 42.5 Å². The molecule has 1 fully saturated rings. The lowest BCUT2D eigenvalue weighted by molar-refractivity contribution is -0.145. The number of hydrogen-bond donors (Lipinski definition) is 2. The van der Waals surface area contributed by atoms with Crippen LogP contribution in [0.4, 0.5) is 4.79 Å². The Kier molecular flexibility index (Phi) is 8.69. The lowest BCUT2D eigenvalue weighted by Gasteiger charge is -2.42. The van der Waals surface area contributed by atoms with E-state index < -0.39 is 17.6 Å². The van der Waals surface area contributed by atoms with Gasteiger partial charge < -0.3 is 20.1 Å². The number of carbonyl (C=O) groups excluding carboxylic acids is 2. The predicted molar refractivity (Wildman–Crippen MR) is 156 cm³/mol. The summed E-state index contributed by atoms with van der Waals surface area (Å²) in [6.07, 6.45) is 0.579. The van der Waals surface area contributed by atoms with Crippen LogP contribution in [0, 0.1) is 0 Å². The maximum atomic E-state index is 13.3. The molecule has 3 aromatic rings. The van der Waals surface area contributed by atoms with Crippen LogP contribution in [-0.4, -0.2) is 71.2 Å². The number of likely N-dealkylation sites (N-methyl/N-ethyl adjacent to an activating group) is 1. The van der Waals surface area contributed by atoms with Gasteiger partial charge in [-0.25, -0.2) is 4.79 Å². The molecule has 0 aromatic heterocycles. The first kappa shape index (κ1) is 28.4. The standard InChI is InChI=1S/C33H37N3O5/c1-2-36(22-31(38)39)30(37)20-33(16-18-35(19-17-33)21-24-10-4-3-5-11-24)34-32(40)41-23-29-27-14-8-6-12-25(27)26-13-7-9-15-28(26)29/h3-15,29H,2,16-23H2,1H3,(H,34,40)(H,38,39). The number of carboxylic acid groups (broad SMARTS) is 1. The van der Waals surface area contributed by atoms with Gasteiger partial charge in [0.1, 0.15) is 13.2 Å². The number of ether oxygens (including phenoxy) is 1. The van der Waals surface area contributed by atoms with Gasteiger partial charge in [0.05, 0.1) is 12.0 Å². The number of rotatable bonds is 10. The topological polar surface area (TPSA) is 99.2 Å². The summed E-state index contributed by atoms with van der Waals surface area (Å²) in [4.78, 5) is 41.5. The third-order valence-corrected chi connectivity index (χ3v) is 8.32. The first-order valence-electron chi connectivity index (χ1n) is 14.3. The minimum absolute atomic E-state index is 0.0253. The van der Waals surface area contributed by atoms with Crippen LogP contribution in [0.15, 0.2) is 78.9 Å². The second-order valence-electron chi connectivity index (χ2n) is 11.0. The zero-order valence-electron chi connectivity index (χ0n) is 23.4. The monoisotopic (exact) mass is 555 g/mol. The van der Waals surface area contributed by atoms with Crippen molar-refractivity contribution in [3.8, 4) is 11.1 Å². The van der Waals surface area contributed by atoms with Gasteiger partial charge in [-0.3, -0.25) is 14.5 Å². The summed E-state index contributed by atoms with van der Waals surface area (Å²) < 4.78 is 5.84. The average molecular weight is 556 g/mol. The molecule has 2 aliphatic rings. The first-order valence-corrected chi connectivity index (χ1v) is 14.3. The molecule has 1 heterocycles. The lowest BCUT2D eigenvalue weighted by Crippen LogP contribution is -2.57. The number of nitrogens with zero attached hydrogens (tertiary/aromatic N) is 2. The van der Waals surface area contributed by atoms with Crippen LogP contribution >= 0.6 is 0 Å². The van der Waals surface area contributed by atoms with Crippen molar-refractivity contribution in [1.82, 2.24) is 15.1 Å². The van der Waals surface area contributed by atoms with Crippen LogP contribution in [0.2, 0.25) is 0 Å². The van der Waals surface area contributed by atoms with E-state index in [0.29, 0.717) is 25.9 Å². The van der Waals surface area contributed by atoms with Crippen molar-refractivity contribution in [3.05, 3.63) is 95.6 Å². The van der Waals surface area contributed by atoms with Gasteiger partial charge >= 0.3 is 12.1 Å². The molecule has 1 saturated heterocycles. The smallest absolute Gasteiger partial charge is 0.407 e. The molecular formula is C33H37N3O5. The van der Waals surface area contributed by atoms with Crippen molar-refractivity contribution in [2.45, 2.75) is 44.2 Å². The van der Waals surface area contributed by atoms with Gasteiger partial charge in [-0.15, -0.1) is 0 Å². The molecule has 0 bridgehead atoms. The number of carbonyl (C=O) groups is 3. The highest BCUT2D eigenvalue weighted by Crippen LogP contribution is 2.44. The Balaban J connectivity index is 1.28. The zero-order valence-corrected chi connectivity index (χ0v) is 23.4. The number of aliphatic carboxylic acids is 1. The molecule has 1 aliphatic heterocycles. The van der Waals surface area contributed by atoms with E-state index in [1.165, 1.54) is 10.5 Å². The fourth-order valence-corrected chi connectivity index (χ4v) is 6.12. The Morgan fingerprint density at radius 1 is 0.927 bits per heavy atom. The number of piperidine rings is 1. The number of amides is 2. The molecule has 214 valence electrons. The Bertz CT molecular complexity index is 1340. The Labute approximate surface area is 240 Å². The van der Waals surface area contributed by atoms with Crippen molar-refractivity contribution >= 4 is 18.0 Å². The molecule has 3 aromatic carbocycles. The molecule has 5 rings (SSSR count). The van der Waals surface area contributed by atoms with Crippen LogP contribution < -0.4 is 5.32 Å². The molecule has 0 unspecified atom stereocenters. The second-order valence-corrected chi connectivity index (χ2v) is 11.0. The van der Waals surface area contributed by atoms with Gasteiger partial charge in [-0.05, 0) is 47.6 Å². The molecule has 2 N–H and O–H groups in total. The van der Waals surface area contributed by atoms with Gasteiger partial charge in [-0.1, -0.05) is 78.9 Å². The van der Waals surface area contributed by atoms with Gasteiger partial charge in [0.2, 0.25) is 5.91 Å². The van der Waals surface area contributed by atoms with Crippen LogP contribution in [0.1, 0.15) is 48.8 Å². The fraction of sp³-hybridized carbons (Fsp3) is 0.364. The molecule has 0 spiro atoms. The van der Waals surface area contributed by atoms with E-state index in [4.69, 9.17) is 4.74 Å². The van der Waals surface area contributed by atoms with Crippen molar-refractivity contribution in [3.63, 3.8) is 0 Å². The van der Waals surface area contributed by atoms with E-state index >= 15 is 0 Å². The van der Waals surface area contributed by atoms with Crippen LogP contribution in [0.3, 0.4) is 0 Å². The number of nitrogens with one attached hydrogen (secondary N) is 1. The van der Waals surface area contributed by atoms with Gasteiger partial charge in [0.25, 0.3) is 0 Å². The fourth-order valence-electron chi connectivity index (χ4n) is 6.12. The van der Waals surface area contributed by atoms with E-state index in [9.17, 15) is 19.5 Å². The summed E-state index contributed by atoms with van der Waals surface area (Å²) in [6.45, 7) is 4.03. The number of benzene rings is 3. The summed E-state index contributed by atoms with van der Waals surface area (Å²) in [5.41, 5.74) is 4.96. The third kappa shape index (κ3) is 6.60. The summed E-state index contributed by atoms with van der Waals surface area (Å²) in [5.74, 6) is -1.41. The first-order chi connectivity index (χ1) is 19.9. The van der Waals surface area contributed by atoms with Crippen LogP contribution in [0.25, 0.3) is 11.1 Å². The summed E-state index contributed by atoms with van der Waals surface area (Å²) in [6, 6.07) is 26.6. The average Bonchev–Trinajstić information content (AvgIpc) is 3.30. The summed E-state index contributed by atoms with van der Waals surface area (Å²) >= 11 is 0. The van der Waals surface area contributed by atoms with Gasteiger partial charge in [0, 0.05) is 32.1 Å². The Morgan fingerprint density at radius 2 is 1.51 bits per heavy atom. The molecule has 41 heavy (non-hydrogen) atoms. The number of likely N-dealkylation sites (tertiary alicyclic amines) is 1. The molecule has 0 saturated carbocycles. The maximum absolute atomic E-state index is 13.3. The summed E-state index contributed by atoms with van der Waals surface area (Å²) in [7, 11) is 0. The molecule has 1 aliphatic carbocycles. The SMILES string of the molecule is CCN(CC(=O)O)C(=O)CC1(NC(=O)OCC2c3ccccc3-c3ccccc32)CCN(Cc2ccccc2)CC1. The number of fused-ring (bicyclic) bond motifs is 3. The second kappa shape index (κ2) is 12.6. The zero-order chi connectivity index (χ0) is 28.8. The lowest BCUT2D eigenvalue weighted by atomic mass is 9.83. The normalized spacial score (nSPS) is 15.9. The highest BCUT2D eigenvalue weighted by atomic mass is 16.5. The largest absolute Gasteiger partial charge is 0.480 e. The maximum Gasteiger partial charge on any atom is 0.407 e. The highest BCUT2D eigenvalue weighted by Gasteiger charge is 2.40. The van der Waals surface area contributed by atoms with Crippen LogP contribution in [0.5, 0.6) is 0 Å². The van der Waals surface area contributed by atoms with Crippen molar-refractivity contribution in [2.75, 3.05) is 32.8 Å². The minimum atomic E-state index is -1.06. The van der Waals surface area contributed by atoms with Crippen molar-refractivity contribution in [2.24, 2.45) is 0 Å². The van der Waals surface area contributed by atoms with E-state index in [-0.39, 0.29) is 37.9 Å². The van der Waals surface area contributed by atoms with Gasteiger partial charge in [-0.2, -0.15) is 0 Å². The summed E-state index contributed by atoms with van der Waals surface area (Å²) in [5, 5.41) is 12.3. The third-order valence-electron chi connectivity index (χ3n) is 8.32. The molecule has 2 amide bonds. The van der Waals surface area contributed by atoms with E-state index in [1.54, 1.807) is 6.92 Å². The van der Waals surface area contributed by atoms with Crippen LogP contribution in [-0.2, 0) is 20.9 Å². The Morgan fingerprint density at radius 3 is 2.10 bits per heavy atom. The number of carboxylic acids is 1. The van der Waals surface area contributed by atoms with Crippen molar-refractivity contribution < 1.29 is 24.2 Å². The van der Waals surface area contributed by atoms with Crippen molar-refractivity contribution in [1.29, 1.82) is 0 Å². The quantitative estimate of drug-likeness (QED) is 0.370. The number of alkyl carbamates (subject to hydrolysis) is 1. The Hall–Kier alpha value is -4.17. The van der Waals surface area contributed by atoms with E-state index in [2.05, 4.69) is 46.6 Å². The van der Waals surface area contributed by atoms with Gasteiger partial charge in [0.15, 0.2) is 0 Å². The highest BCUT2D eigenvalue weighted by molar-refractivity contribution is 5.83. The molecule has 0 atom stereocenters. The predicted octanol–water partition coefficient (Wildman–Crippen LogP) is 4.88. The molecular weight excluding hydrogens is 518 g/mol. The van der Waals surface area contributed by atoms with E-state index in [0.717, 1.165) is 28.8 Å². The number of hydrogen-bond acceptors (Lipinski definition) is 5. The minimum Gasteiger partial charge on any atom is -0.480 e. The molecule has 8 nitrogen and oxygen atoms in total. The molecule has 8 heteroatoms.